The van der Waals surface area contributed by atoms with Crippen LogP contribution in [0.1, 0.15) is 0 Å². The molecule has 0 bridgehead atoms. The zero-order valence-corrected chi connectivity index (χ0v) is 8.68. The van der Waals surface area contributed by atoms with Gasteiger partial charge in [0.1, 0.15) is 0 Å². The van der Waals surface area contributed by atoms with E-state index in [-0.39, 0.29) is 0 Å². The van der Waals surface area contributed by atoms with Gasteiger partial charge in [0, 0.05) is 9.04 Å². The molecule has 1 nitrogen and oxygen atoms in total. The second-order valence-corrected chi connectivity index (χ2v) is 4.87. The summed E-state index contributed by atoms with van der Waals surface area (Å²) < 4.78 is 0. The fraction of sp³-hybridized carbons (Fsp3) is 0. The quantitative estimate of drug-likeness (QED) is 0.630. The SMILES string of the molecule is [O-][Si](c1ccccc1)c1ccccc1. The van der Waals surface area contributed by atoms with Crippen molar-refractivity contribution in [1.82, 2.24) is 0 Å². The molecule has 0 saturated carbocycles. The molecule has 0 N–H and O–H groups in total. The lowest BCUT2D eigenvalue weighted by atomic mass is 10.4. The van der Waals surface area contributed by atoms with Crippen molar-refractivity contribution in [2.24, 2.45) is 0 Å². The molecule has 0 aliphatic rings. The molecule has 1 radical (unpaired) electrons. The Morgan fingerprint density at radius 2 is 1.00 bits per heavy atom. The molecule has 14 heavy (non-hydrogen) atoms. The number of hydrogen-bond donors (Lipinski definition) is 0. The molecule has 0 fully saturated rings. The van der Waals surface area contributed by atoms with E-state index < -0.39 is 9.04 Å². The van der Waals surface area contributed by atoms with Crippen LogP contribution in [0.5, 0.6) is 0 Å². The summed E-state index contributed by atoms with van der Waals surface area (Å²) in [6.07, 6.45) is 0. The number of hydrogen-bond acceptors (Lipinski definition) is 1. The average molecular weight is 198 g/mol. The van der Waals surface area contributed by atoms with Crippen LogP contribution in [-0.2, 0) is 0 Å². The summed E-state index contributed by atoms with van der Waals surface area (Å²) in [7, 11) is -1.79. The normalized spacial score (nSPS) is 10.4. The van der Waals surface area contributed by atoms with Gasteiger partial charge in [-0.3, -0.25) is 0 Å². The van der Waals surface area contributed by atoms with E-state index in [1.807, 2.05) is 60.7 Å². The topological polar surface area (TPSA) is 23.1 Å². The van der Waals surface area contributed by atoms with E-state index in [0.29, 0.717) is 0 Å². The van der Waals surface area contributed by atoms with Crippen molar-refractivity contribution in [2.45, 2.75) is 0 Å². The van der Waals surface area contributed by atoms with Gasteiger partial charge < -0.3 is 4.80 Å². The molecule has 0 aliphatic heterocycles. The smallest absolute Gasteiger partial charge is 0.0127 e. The van der Waals surface area contributed by atoms with E-state index in [2.05, 4.69) is 0 Å². The minimum atomic E-state index is -1.79. The van der Waals surface area contributed by atoms with Gasteiger partial charge in [-0.2, -0.15) is 0 Å². The Hall–Kier alpha value is -1.38. The molecule has 0 amide bonds. The Labute approximate surface area is 85.4 Å². The second-order valence-electron chi connectivity index (χ2n) is 3.06. The largest absolute Gasteiger partial charge is 0.854 e. The highest BCUT2D eigenvalue weighted by Crippen LogP contribution is 1.87. The molecule has 2 aromatic rings. The minimum Gasteiger partial charge on any atom is -0.854 e. The third kappa shape index (κ3) is 1.92. The van der Waals surface area contributed by atoms with Crippen molar-refractivity contribution in [2.75, 3.05) is 0 Å². The molecule has 0 unspecified atom stereocenters. The maximum Gasteiger partial charge on any atom is 0.0127 e. The van der Waals surface area contributed by atoms with Crippen LogP contribution in [0.2, 0.25) is 0 Å². The summed E-state index contributed by atoms with van der Waals surface area (Å²) in [6, 6.07) is 19.2. The maximum atomic E-state index is 12.0. The lowest BCUT2D eigenvalue weighted by Crippen LogP contribution is -2.53. The van der Waals surface area contributed by atoms with Gasteiger partial charge in [0.15, 0.2) is 0 Å². The van der Waals surface area contributed by atoms with Crippen molar-refractivity contribution in [3.63, 3.8) is 0 Å². The van der Waals surface area contributed by atoms with Crippen molar-refractivity contribution in [1.29, 1.82) is 0 Å². The van der Waals surface area contributed by atoms with Gasteiger partial charge in [-0.25, -0.2) is 0 Å². The molecule has 0 saturated heterocycles. The predicted molar refractivity (Wildman–Crippen MR) is 57.9 cm³/mol. The zero-order chi connectivity index (χ0) is 9.80. The van der Waals surface area contributed by atoms with E-state index in [1.54, 1.807) is 0 Å². The third-order valence-electron chi connectivity index (χ3n) is 2.07. The lowest BCUT2D eigenvalue weighted by molar-refractivity contribution is -0.185. The first-order chi connectivity index (χ1) is 6.88. The molecule has 2 aromatic carbocycles. The van der Waals surface area contributed by atoms with Crippen molar-refractivity contribution < 1.29 is 4.80 Å². The Kier molecular flexibility index (Phi) is 2.77. The first-order valence-electron chi connectivity index (χ1n) is 4.53. The van der Waals surface area contributed by atoms with E-state index in [1.165, 1.54) is 0 Å². The van der Waals surface area contributed by atoms with Gasteiger partial charge in [-0.15, -0.1) is 0 Å². The molecule has 0 spiro atoms. The van der Waals surface area contributed by atoms with Gasteiger partial charge in [0.2, 0.25) is 0 Å². The average Bonchev–Trinajstić information content (AvgIpc) is 2.30. The molecule has 2 heteroatoms. The van der Waals surface area contributed by atoms with Crippen LogP contribution in [0.3, 0.4) is 0 Å². The van der Waals surface area contributed by atoms with Crippen molar-refractivity contribution in [3.8, 4) is 0 Å². The Morgan fingerprint density at radius 3 is 1.36 bits per heavy atom. The second kappa shape index (κ2) is 4.22. The highest BCUT2D eigenvalue weighted by atomic mass is 28.3. The van der Waals surface area contributed by atoms with E-state index in [0.717, 1.165) is 10.4 Å². The Morgan fingerprint density at radius 1 is 0.643 bits per heavy atom. The van der Waals surface area contributed by atoms with Crippen LogP contribution >= 0.6 is 0 Å². The molecule has 0 aromatic heterocycles. The molecule has 2 rings (SSSR count). The first-order valence-corrected chi connectivity index (χ1v) is 5.93. The monoisotopic (exact) mass is 198 g/mol. The van der Waals surface area contributed by atoms with Crippen molar-refractivity contribution >= 4 is 19.4 Å². The lowest BCUT2D eigenvalue weighted by Gasteiger charge is -2.21. The minimum absolute atomic E-state index is 0.920. The predicted octanol–water partition coefficient (Wildman–Crippen LogP) is 0.153. The third-order valence-corrected chi connectivity index (χ3v) is 3.79. The molecular formula is C12H10OSi-. The van der Waals surface area contributed by atoms with Crippen molar-refractivity contribution in [3.05, 3.63) is 60.7 Å². The van der Waals surface area contributed by atoms with Crippen LogP contribution in [0, 0.1) is 0 Å². The summed E-state index contributed by atoms with van der Waals surface area (Å²) >= 11 is 0. The van der Waals surface area contributed by atoms with Gasteiger partial charge in [0.25, 0.3) is 0 Å². The van der Waals surface area contributed by atoms with Crippen LogP contribution in [0.25, 0.3) is 0 Å². The Balaban J connectivity index is 2.30. The fourth-order valence-electron chi connectivity index (χ4n) is 1.35. The number of benzene rings is 2. The van der Waals surface area contributed by atoms with Gasteiger partial charge in [0.05, 0.1) is 0 Å². The summed E-state index contributed by atoms with van der Waals surface area (Å²) in [6.45, 7) is 0. The molecule has 0 aliphatic carbocycles. The highest BCUT2D eigenvalue weighted by molar-refractivity contribution is 6.77. The van der Waals surface area contributed by atoms with Crippen LogP contribution in [-0.4, -0.2) is 9.04 Å². The van der Waals surface area contributed by atoms with Gasteiger partial charge in [-0.05, 0) is 0 Å². The van der Waals surface area contributed by atoms with E-state index in [4.69, 9.17) is 0 Å². The maximum absolute atomic E-state index is 12.0. The first kappa shape index (κ1) is 9.18. The molecule has 69 valence electrons. The molecule has 0 atom stereocenters. The van der Waals surface area contributed by atoms with E-state index in [9.17, 15) is 4.80 Å². The Bertz CT molecular complexity index is 346. The van der Waals surface area contributed by atoms with Crippen LogP contribution in [0.15, 0.2) is 60.7 Å². The molecular weight excluding hydrogens is 188 g/mol. The fourth-order valence-corrected chi connectivity index (χ4v) is 2.67. The van der Waals surface area contributed by atoms with Crippen LogP contribution < -0.4 is 15.2 Å². The van der Waals surface area contributed by atoms with E-state index >= 15 is 0 Å². The molecule has 0 heterocycles. The zero-order valence-electron chi connectivity index (χ0n) is 7.68. The summed E-state index contributed by atoms with van der Waals surface area (Å²) in [5, 5.41) is 1.84. The van der Waals surface area contributed by atoms with Gasteiger partial charge >= 0.3 is 0 Å². The number of rotatable bonds is 2. The van der Waals surface area contributed by atoms with Gasteiger partial charge in [-0.1, -0.05) is 71.0 Å². The highest BCUT2D eigenvalue weighted by Gasteiger charge is 2.00. The van der Waals surface area contributed by atoms with Crippen LogP contribution in [0.4, 0.5) is 0 Å². The summed E-state index contributed by atoms with van der Waals surface area (Å²) in [4.78, 5) is 12.0. The standard InChI is InChI=1S/C12H10OSi/c13-14(11-7-3-1-4-8-11)12-9-5-2-6-10-12/h1-10H/q-1. The summed E-state index contributed by atoms with van der Waals surface area (Å²) in [5.41, 5.74) is 0. The summed E-state index contributed by atoms with van der Waals surface area (Å²) in [5.74, 6) is 0.